The molecule has 0 N–H and O–H groups in total. The van der Waals surface area contributed by atoms with Crippen molar-refractivity contribution in [3.63, 3.8) is 0 Å². The number of benzene rings is 1. The Bertz CT molecular complexity index is 426. The fraction of sp³-hybridized carbons (Fsp3) is 0.231. The Hall–Kier alpha value is -2.10. The number of ether oxygens (including phenoxy) is 1. The SMILES string of the molecule is C=C(CN(C(C)=O)c1ccccc1)C(=O)OC. The minimum Gasteiger partial charge on any atom is -0.466 e. The highest BCUT2D eigenvalue weighted by Crippen LogP contribution is 2.15. The Morgan fingerprint density at radius 1 is 1.29 bits per heavy atom. The molecular weight excluding hydrogens is 218 g/mol. The van der Waals surface area contributed by atoms with Crippen LogP contribution < -0.4 is 4.90 Å². The van der Waals surface area contributed by atoms with Crippen LogP contribution in [0, 0.1) is 0 Å². The van der Waals surface area contributed by atoms with Gasteiger partial charge in [0.2, 0.25) is 5.91 Å². The van der Waals surface area contributed by atoms with E-state index in [0.717, 1.165) is 5.69 Å². The van der Waals surface area contributed by atoms with Crippen molar-refractivity contribution >= 4 is 17.6 Å². The van der Waals surface area contributed by atoms with Crippen molar-refractivity contribution in [2.75, 3.05) is 18.6 Å². The first-order valence-corrected chi connectivity index (χ1v) is 5.15. The Kier molecular flexibility index (Phi) is 4.46. The molecule has 1 rings (SSSR count). The average molecular weight is 233 g/mol. The van der Waals surface area contributed by atoms with Crippen LogP contribution in [0.5, 0.6) is 0 Å². The van der Waals surface area contributed by atoms with E-state index >= 15 is 0 Å². The van der Waals surface area contributed by atoms with Gasteiger partial charge in [0.1, 0.15) is 0 Å². The van der Waals surface area contributed by atoms with Crippen molar-refractivity contribution in [3.05, 3.63) is 42.5 Å². The van der Waals surface area contributed by atoms with E-state index in [4.69, 9.17) is 0 Å². The summed E-state index contributed by atoms with van der Waals surface area (Å²) in [5.41, 5.74) is 0.969. The number of rotatable bonds is 4. The summed E-state index contributed by atoms with van der Waals surface area (Å²) in [6.45, 7) is 5.18. The number of para-hydroxylation sites is 1. The topological polar surface area (TPSA) is 46.6 Å². The molecule has 0 aliphatic carbocycles. The molecule has 0 saturated heterocycles. The van der Waals surface area contributed by atoms with Gasteiger partial charge in [0.15, 0.2) is 0 Å². The number of methoxy groups -OCH3 is 1. The van der Waals surface area contributed by atoms with Crippen molar-refractivity contribution in [2.45, 2.75) is 6.92 Å². The van der Waals surface area contributed by atoms with Crippen LogP contribution >= 0.6 is 0 Å². The van der Waals surface area contributed by atoms with Crippen LogP contribution in [-0.4, -0.2) is 25.5 Å². The van der Waals surface area contributed by atoms with Crippen molar-refractivity contribution in [3.8, 4) is 0 Å². The second-order valence-electron chi connectivity index (χ2n) is 3.54. The fourth-order valence-corrected chi connectivity index (χ4v) is 1.39. The highest BCUT2D eigenvalue weighted by molar-refractivity contribution is 5.95. The van der Waals surface area contributed by atoms with Crippen molar-refractivity contribution < 1.29 is 14.3 Å². The fourth-order valence-electron chi connectivity index (χ4n) is 1.39. The molecule has 1 amide bonds. The summed E-state index contributed by atoms with van der Waals surface area (Å²) in [7, 11) is 1.29. The van der Waals surface area contributed by atoms with Crippen molar-refractivity contribution in [1.29, 1.82) is 0 Å². The van der Waals surface area contributed by atoms with Gasteiger partial charge in [0.25, 0.3) is 0 Å². The molecule has 0 aliphatic heterocycles. The first kappa shape index (κ1) is 13.0. The van der Waals surface area contributed by atoms with Crippen LogP contribution in [0.2, 0.25) is 0 Å². The molecule has 0 radical (unpaired) electrons. The number of nitrogens with zero attached hydrogens (tertiary/aromatic N) is 1. The number of amides is 1. The molecule has 0 spiro atoms. The monoisotopic (exact) mass is 233 g/mol. The summed E-state index contributed by atoms with van der Waals surface area (Å²) in [5, 5.41) is 0. The number of carbonyl (C=O) groups is 2. The molecule has 0 fully saturated rings. The van der Waals surface area contributed by atoms with E-state index in [1.807, 2.05) is 18.2 Å². The lowest BCUT2D eigenvalue weighted by Gasteiger charge is -2.21. The molecule has 0 heterocycles. The molecule has 0 aliphatic rings. The number of carbonyl (C=O) groups excluding carboxylic acids is 2. The van der Waals surface area contributed by atoms with E-state index in [9.17, 15) is 9.59 Å². The predicted octanol–water partition coefficient (Wildman–Crippen LogP) is 1.77. The van der Waals surface area contributed by atoms with E-state index in [0.29, 0.717) is 0 Å². The minimum absolute atomic E-state index is 0.131. The molecule has 0 unspecified atom stereocenters. The maximum absolute atomic E-state index is 11.5. The van der Waals surface area contributed by atoms with E-state index in [2.05, 4.69) is 11.3 Å². The lowest BCUT2D eigenvalue weighted by atomic mass is 10.2. The van der Waals surface area contributed by atoms with Gasteiger partial charge >= 0.3 is 5.97 Å². The quantitative estimate of drug-likeness (QED) is 0.588. The van der Waals surface area contributed by atoms with E-state index in [1.165, 1.54) is 18.9 Å². The molecule has 1 aromatic carbocycles. The summed E-state index contributed by atoms with van der Waals surface area (Å²) in [4.78, 5) is 24.2. The third-order valence-electron chi connectivity index (χ3n) is 2.27. The molecule has 90 valence electrons. The van der Waals surface area contributed by atoms with Crippen LogP contribution in [0.25, 0.3) is 0 Å². The highest BCUT2D eigenvalue weighted by Gasteiger charge is 2.16. The van der Waals surface area contributed by atoms with Crippen LogP contribution in [-0.2, 0) is 14.3 Å². The lowest BCUT2D eigenvalue weighted by Crippen LogP contribution is -2.32. The molecule has 0 atom stereocenters. The van der Waals surface area contributed by atoms with Gasteiger partial charge in [0, 0.05) is 18.2 Å². The lowest BCUT2D eigenvalue weighted by molar-refractivity contribution is -0.136. The number of hydrogen-bond donors (Lipinski definition) is 0. The summed E-state index contributed by atoms with van der Waals surface area (Å²) < 4.78 is 4.55. The maximum Gasteiger partial charge on any atom is 0.334 e. The third kappa shape index (κ3) is 3.45. The Morgan fingerprint density at radius 3 is 2.35 bits per heavy atom. The Balaban J connectivity index is 2.86. The molecular formula is C13H15NO3. The first-order chi connectivity index (χ1) is 8.06. The van der Waals surface area contributed by atoms with E-state index in [-0.39, 0.29) is 18.0 Å². The van der Waals surface area contributed by atoms with Gasteiger partial charge < -0.3 is 9.64 Å². The van der Waals surface area contributed by atoms with Crippen molar-refractivity contribution in [2.24, 2.45) is 0 Å². The number of esters is 1. The largest absolute Gasteiger partial charge is 0.466 e. The Labute approximate surface area is 100 Å². The third-order valence-corrected chi connectivity index (χ3v) is 2.27. The van der Waals surface area contributed by atoms with Crippen LogP contribution in [0.3, 0.4) is 0 Å². The first-order valence-electron chi connectivity index (χ1n) is 5.15. The molecule has 0 saturated carbocycles. The summed E-state index contributed by atoms with van der Waals surface area (Å²) in [6, 6.07) is 9.10. The zero-order chi connectivity index (χ0) is 12.8. The van der Waals surface area contributed by atoms with Crippen LogP contribution in [0.4, 0.5) is 5.69 Å². The second kappa shape index (κ2) is 5.84. The minimum atomic E-state index is -0.507. The van der Waals surface area contributed by atoms with Gasteiger partial charge in [-0.05, 0) is 12.1 Å². The van der Waals surface area contributed by atoms with Gasteiger partial charge in [-0.2, -0.15) is 0 Å². The molecule has 17 heavy (non-hydrogen) atoms. The molecule has 4 nitrogen and oxygen atoms in total. The van der Waals surface area contributed by atoms with Gasteiger partial charge in [-0.25, -0.2) is 4.79 Å². The van der Waals surface area contributed by atoms with Gasteiger partial charge in [-0.15, -0.1) is 0 Å². The van der Waals surface area contributed by atoms with Gasteiger partial charge in [0.05, 0.1) is 13.7 Å². The molecule has 0 aromatic heterocycles. The summed E-state index contributed by atoms with van der Waals surface area (Å²) in [6.07, 6.45) is 0. The van der Waals surface area contributed by atoms with Crippen LogP contribution in [0.15, 0.2) is 42.5 Å². The van der Waals surface area contributed by atoms with Crippen LogP contribution in [0.1, 0.15) is 6.92 Å². The van der Waals surface area contributed by atoms with E-state index in [1.54, 1.807) is 12.1 Å². The average Bonchev–Trinajstić information content (AvgIpc) is 2.35. The zero-order valence-electron chi connectivity index (χ0n) is 9.97. The molecule has 0 bridgehead atoms. The predicted molar refractivity (Wildman–Crippen MR) is 65.6 cm³/mol. The van der Waals surface area contributed by atoms with Gasteiger partial charge in [-0.1, -0.05) is 24.8 Å². The second-order valence-corrected chi connectivity index (χ2v) is 3.54. The summed E-state index contributed by atoms with van der Waals surface area (Å²) >= 11 is 0. The number of anilines is 1. The Morgan fingerprint density at radius 2 is 1.88 bits per heavy atom. The smallest absolute Gasteiger partial charge is 0.334 e. The molecule has 1 aromatic rings. The molecule has 4 heteroatoms. The normalized spacial score (nSPS) is 9.53. The standard InChI is InChI=1S/C13H15NO3/c1-10(13(16)17-3)9-14(11(2)15)12-7-5-4-6-8-12/h4-8H,1,9H2,2-3H3. The maximum atomic E-state index is 11.5. The van der Waals surface area contributed by atoms with E-state index < -0.39 is 5.97 Å². The van der Waals surface area contributed by atoms with Crippen molar-refractivity contribution in [1.82, 2.24) is 0 Å². The summed E-state index contributed by atoms with van der Waals surface area (Å²) in [5.74, 6) is -0.659. The van der Waals surface area contributed by atoms with Gasteiger partial charge in [-0.3, -0.25) is 4.79 Å². The zero-order valence-corrected chi connectivity index (χ0v) is 9.97. The highest BCUT2D eigenvalue weighted by atomic mass is 16.5. The number of hydrogen-bond acceptors (Lipinski definition) is 3.